The minimum Gasteiger partial charge on any atom is -0.508 e. The van der Waals surface area contributed by atoms with Crippen molar-refractivity contribution in [1.29, 1.82) is 0 Å². The third-order valence-corrected chi connectivity index (χ3v) is 3.81. The Bertz CT molecular complexity index is 631. The summed E-state index contributed by atoms with van der Waals surface area (Å²) in [5.41, 5.74) is 2.10. The van der Waals surface area contributed by atoms with Gasteiger partial charge in [0.15, 0.2) is 0 Å². The summed E-state index contributed by atoms with van der Waals surface area (Å²) in [6.07, 6.45) is 1.59. The zero-order chi connectivity index (χ0) is 14.0. The first kappa shape index (κ1) is 14.1. The number of hydrogen-bond acceptors (Lipinski definition) is 3. The highest BCUT2D eigenvalue weighted by molar-refractivity contribution is 9.11. The monoisotopic (exact) mass is 383 g/mol. The maximum Gasteiger partial charge on any atom is 0.127 e. The van der Waals surface area contributed by atoms with Crippen molar-refractivity contribution in [1.82, 2.24) is 0 Å². The van der Waals surface area contributed by atoms with Crippen molar-refractivity contribution >= 4 is 43.8 Å². The van der Waals surface area contributed by atoms with E-state index in [0.29, 0.717) is 20.2 Å². The molecule has 5 heteroatoms. The maximum atomic E-state index is 9.90. The van der Waals surface area contributed by atoms with E-state index in [-0.39, 0.29) is 11.5 Å². The molecule has 3 nitrogen and oxygen atoms in total. The van der Waals surface area contributed by atoms with Gasteiger partial charge < -0.3 is 10.2 Å². The van der Waals surface area contributed by atoms with Crippen LogP contribution in [-0.4, -0.2) is 16.4 Å². The molecule has 98 valence electrons. The molecule has 2 N–H and O–H groups in total. The normalized spacial score (nSPS) is 11.1. The number of phenols is 2. The van der Waals surface area contributed by atoms with Crippen LogP contribution in [0.1, 0.15) is 11.1 Å². The zero-order valence-corrected chi connectivity index (χ0v) is 13.2. The number of para-hydroxylation sites is 1. The molecule has 19 heavy (non-hydrogen) atoms. The molecule has 0 spiro atoms. The predicted octanol–water partition coefficient (Wildman–Crippen LogP) is 4.68. The van der Waals surface area contributed by atoms with Gasteiger partial charge in [-0.05, 0) is 62.5 Å². The Labute approximate surface area is 127 Å². The molecule has 0 unspecified atom stereocenters. The van der Waals surface area contributed by atoms with Crippen LogP contribution in [0.25, 0.3) is 0 Å². The molecule has 0 aliphatic heterocycles. The molecule has 0 amide bonds. The fourth-order valence-electron chi connectivity index (χ4n) is 1.60. The molecule has 2 aromatic rings. The lowest BCUT2D eigenvalue weighted by molar-refractivity contribution is 0.470. The first-order valence-corrected chi connectivity index (χ1v) is 7.08. The van der Waals surface area contributed by atoms with Gasteiger partial charge >= 0.3 is 0 Å². The topological polar surface area (TPSA) is 52.8 Å². The molecule has 0 heterocycles. The van der Waals surface area contributed by atoms with Gasteiger partial charge in [0, 0.05) is 20.7 Å². The molecular formula is C14H11Br2NO2. The fourth-order valence-corrected chi connectivity index (χ4v) is 2.96. The second-order valence-corrected chi connectivity index (χ2v) is 5.74. The number of phenolic OH excluding ortho intramolecular Hbond substituents is 2. The first-order valence-electron chi connectivity index (χ1n) is 5.49. The summed E-state index contributed by atoms with van der Waals surface area (Å²) < 4.78 is 1.34. The van der Waals surface area contributed by atoms with Crippen molar-refractivity contribution in [2.75, 3.05) is 0 Å². The number of aliphatic imine (C=N–C) groups is 1. The SMILES string of the molecule is Cc1cccc(C=Nc2c(Br)cc(O)cc2Br)c1O. The van der Waals surface area contributed by atoms with Crippen molar-refractivity contribution in [3.8, 4) is 11.5 Å². The van der Waals surface area contributed by atoms with E-state index in [4.69, 9.17) is 0 Å². The van der Waals surface area contributed by atoms with Crippen LogP contribution < -0.4 is 0 Å². The molecular weight excluding hydrogens is 374 g/mol. The lowest BCUT2D eigenvalue weighted by Gasteiger charge is -2.04. The van der Waals surface area contributed by atoms with Gasteiger partial charge in [0.25, 0.3) is 0 Å². The van der Waals surface area contributed by atoms with E-state index in [2.05, 4.69) is 36.9 Å². The molecule has 0 aliphatic carbocycles. The summed E-state index contributed by atoms with van der Waals surface area (Å²) >= 11 is 6.68. The summed E-state index contributed by atoms with van der Waals surface area (Å²) in [6, 6.07) is 8.60. The van der Waals surface area contributed by atoms with Crippen molar-refractivity contribution < 1.29 is 10.2 Å². The van der Waals surface area contributed by atoms with Crippen LogP contribution in [0.5, 0.6) is 11.5 Å². The Morgan fingerprint density at radius 1 is 1.11 bits per heavy atom. The van der Waals surface area contributed by atoms with E-state index in [9.17, 15) is 10.2 Å². The molecule has 2 rings (SSSR count). The Morgan fingerprint density at radius 3 is 2.37 bits per heavy atom. The van der Waals surface area contributed by atoms with Gasteiger partial charge in [0.1, 0.15) is 11.5 Å². The maximum absolute atomic E-state index is 9.90. The second kappa shape index (κ2) is 5.75. The molecule has 0 aliphatic rings. The zero-order valence-electron chi connectivity index (χ0n) is 10.1. The minimum absolute atomic E-state index is 0.149. The lowest BCUT2D eigenvalue weighted by atomic mass is 10.1. The summed E-state index contributed by atoms with van der Waals surface area (Å²) in [4.78, 5) is 4.33. The number of aryl methyl sites for hydroxylation is 1. The van der Waals surface area contributed by atoms with Gasteiger partial charge in [-0.2, -0.15) is 0 Å². The van der Waals surface area contributed by atoms with Gasteiger partial charge in [-0.1, -0.05) is 12.1 Å². The van der Waals surface area contributed by atoms with Crippen molar-refractivity contribution in [3.63, 3.8) is 0 Å². The van der Waals surface area contributed by atoms with Crippen molar-refractivity contribution in [2.24, 2.45) is 4.99 Å². The molecule has 0 saturated carbocycles. The van der Waals surface area contributed by atoms with Crippen LogP contribution >= 0.6 is 31.9 Å². The van der Waals surface area contributed by atoms with Gasteiger partial charge in [0.2, 0.25) is 0 Å². The second-order valence-electron chi connectivity index (χ2n) is 4.03. The van der Waals surface area contributed by atoms with E-state index in [1.165, 1.54) is 0 Å². The number of rotatable bonds is 2. The largest absolute Gasteiger partial charge is 0.508 e. The molecule has 0 atom stereocenters. The predicted molar refractivity (Wildman–Crippen MR) is 83.6 cm³/mol. The third kappa shape index (κ3) is 3.16. The highest BCUT2D eigenvalue weighted by Crippen LogP contribution is 2.37. The average Bonchev–Trinajstić information content (AvgIpc) is 2.33. The number of aromatic hydroxyl groups is 2. The van der Waals surface area contributed by atoms with Crippen LogP contribution in [0.3, 0.4) is 0 Å². The van der Waals surface area contributed by atoms with Crippen molar-refractivity contribution in [2.45, 2.75) is 6.92 Å². The standard InChI is InChI=1S/C14H11Br2NO2/c1-8-3-2-4-9(14(8)19)7-17-13-11(15)5-10(18)6-12(13)16/h2-7,18-19H,1H3. The minimum atomic E-state index is 0.149. The summed E-state index contributed by atoms with van der Waals surface area (Å²) in [7, 11) is 0. The molecule has 2 aromatic carbocycles. The quantitative estimate of drug-likeness (QED) is 0.738. The third-order valence-electron chi connectivity index (χ3n) is 2.60. The van der Waals surface area contributed by atoms with Crippen LogP contribution in [-0.2, 0) is 0 Å². The van der Waals surface area contributed by atoms with Crippen LogP contribution in [0.4, 0.5) is 5.69 Å². The van der Waals surface area contributed by atoms with Crippen LogP contribution in [0.2, 0.25) is 0 Å². The summed E-state index contributed by atoms with van der Waals surface area (Å²) in [6.45, 7) is 1.83. The number of hydrogen-bond donors (Lipinski definition) is 2. The Kier molecular flexibility index (Phi) is 4.27. The van der Waals surface area contributed by atoms with Gasteiger partial charge in [-0.15, -0.1) is 0 Å². The van der Waals surface area contributed by atoms with Gasteiger partial charge in [0.05, 0.1) is 5.69 Å². The molecule has 0 aromatic heterocycles. The van der Waals surface area contributed by atoms with E-state index < -0.39 is 0 Å². The first-order chi connectivity index (χ1) is 8.99. The molecule has 0 fully saturated rings. The molecule has 0 radical (unpaired) electrons. The Hall–Kier alpha value is -1.33. The smallest absolute Gasteiger partial charge is 0.127 e. The summed E-state index contributed by atoms with van der Waals surface area (Å²) in [5.74, 6) is 0.369. The average molecular weight is 385 g/mol. The summed E-state index contributed by atoms with van der Waals surface area (Å²) in [5, 5.41) is 19.3. The Morgan fingerprint density at radius 2 is 1.74 bits per heavy atom. The number of nitrogens with zero attached hydrogens (tertiary/aromatic N) is 1. The van der Waals surface area contributed by atoms with Gasteiger partial charge in [-0.3, -0.25) is 4.99 Å². The highest BCUT2D eigenvalue weighted by Gasteiger charge is 2.06. The van der Waals surface area contributed by atoms with E-state index in [0.717, 1.165) is 5.56 Å². The van der Waals surface area contributed by atoms with E-state index >= 15 is 0 Å². The number of benzene rings is 2. The fraction of sp³-hybridized carbons (Fsp3) is 0.0714. The van der Waals surface area contributed by atoms with E-state index in [1.54, 1.807) is 24.4 Å². The van der Waals surface area contributed by atoms with Crippen molar-refractivity contribution in [3.05, 3.63) is 50.4 Å². The van der Waals surface area contributed by atoms with Gasteiger partial charge in [-0.25, -0.2) is 0 Å². The van der Waals surface area contributed by atoms with E-state index in [1.807, 2.05) is 19.1 Å². The van der Waals surface area contributed by atoms with Crippen LogP contribution in [0, 0.1) is 6.92 Å². The number of halogens is 2. The molecule has 0 saturated heterocycles. The Balaban J connectivity index is 2.41. The van der Waals surface area contributed by atoms with Crippen LogP contribution in [0.15, 0.2) is 44.3 Å². The highest BCUT2D eigenvalue weighted by atomic mass is 79.9. The lowest BCUT2D eigenvalue weighted by Crippen LogP contribution is -1.85. The molecule has 0 bridgehead atoms.